The highest BCUT2D eigenvalue weighted by atomic mass is 31.2. The number of carboxylic acids is 1. The van der Waals surface area contributed by atoms with Gasteiger partial charge in [-0.05, 0) is 32.6 Å². The van der Waals surface area contributed by atoms with Crippen molar-refractivity contribution >= 4 is 19.8 Å². The van der Waals surface area contributed by atoms with Crippen LogP contribution in [0.2, 0.25) is 0 Å². The van der Waals surface area contributed by atoms with Crippen LogP contribution in [0.15, 0.2) is 0 Å². The standard InChI is InChI=1S/C14H27O7P/c1-6-10-11(5)14(7-2,12(15)16)13(17)21-22(18,19-8-3)20-9-4/h11H,6-10H2,1-5H3,(H,15,16). The summed E-state index contributed by atoms with van der Waals surface area (Å²) < 4.78 is 27.0. The van der Waals surface area contributed by atoms with E-state index in [-0.39, 0.29) is 19.6 Å². The topological polar surface area (TPSA) is 99.1 Å². The summed E-state index contributed by atoms with van der Waals surface area (Å²) in [6.45, 7) is 8.34. The summed E-state index contributed by atoms with van der Waals surface area (Å²) in [5.74, 6) is -2.83. The van der Waals surface area contributed by atoms with Gasteiger partial charge >= 0.3 is 19.8 Å². The third-order valence-electron chi connectivity index (χ3n) is 3.64. The lowest BCUT2D eigenvalue weighted by Gasteiger charge is -2.32. The molecule has 0 bridgehead atoms. The van der Waals surface area contributed by atoms with Gasteiger partial charge < -0.3 is 9.63 Å². The second-order valence-electron chi connectivity index (χ2n) is 4.98. The van der Waals surface area contributed by atoms with E-state index in [0.717, 1.165) is 6.42 Å². The van der Waals surface area contributed by atoms with Crippen LogP contribution in [-0.4, -0.2) is 30.3 Å². The summed E-state index contributed by atoms with van der Waals surface area (Å²) in [5, 5.41) is 9.58. The molecule has 0 heterocycles. The monoisotopic (exact) mass is 338 g/mol. The molecule has 0 rings (SSSR count). The molecule has 0 spiro atoms. The molecule has 0 aromatic rings. The highest BCUT2D eigenvalue weighted by molar-refractivity contribution is 7.49. The smallest absolute Gasteiger partial charge is 0.480 e. The number of carboxylic acid groups (broad SMARTS) is 1. The number of phosphoric acid groups is 1. The molecule has 0 saturated heterocycles. The number of hydrogen-bond acceptors (Lipinski definition) is 6. The maximum Gasteiger partial charge on any atom is 0.532 e. The van der Waals surface area contributed by atoms with Crippen molar-refractivity contribution in [2.24, 2.45) is 11.3 Å². The van der Waals surface area contributed by atoms with E-state index in [1.165, 1.54) is 0 Å². The van der Waals surface area contributed by atoms with Gasteiger partial charge in [-0.25, -0.2) is 4.57 Å². The predicted molar refractivity (Wildman–Crippen MR) is 81.4 cm³/mol. The first-order chi connectivity index (χ1) is 10.2. The molecule has 0 aliphatic rings. The maximum atomic E-state index is 12.5. The van der Waals surface area contributed by atoms with Crippen molar-refractivity contribution in [2.75, 3.05) is 13.2 Å². The SMILES string of the molecule is CCCC(C)C(CC)(C(=O)O)C(=O)OP(=O)(OCC)OCC. The van der Waals surface area contributed by atoms with Crippen LogP contribution in [-0.2, 0) is 27.7 Å². The van der Waals surface area contributed by atoms with Crippen molar-refractivity contribution in [1.82, 2.24) is 0 Å². The lowest BCUT2D eigenvalue weighted by atomic mass is 9.72. The maximum absolute atomic E-state index is 12.5. The van der Waals surface area contributed by atoms with Crippen molar-refractivity contribution in [3.63, 3.8) is 0 Å². The molecule has 8 heteroatoms. The molecular weight excluding hydrogens is 311 g/mol. The Morgan fingerprint density at radius 2 is 1.64 bits per heavy atom. The second kappa shape index (κ2) is 9.28. The zero-order valence-electron chi connectivity index (χ0n) is 14.0. The second-order valence-corrected chi connectivity index (χ2v) is 6.57. The van der Waals surface area contributed by atoms with E-state index in [2.05, 4.69) is 0 Å². The van der Waals surface area contributed by atoms with Crippen LogP contribution in [0.4, 0.5) is 0 Å². The Balaban J connectivity index is 5.53. The third-order valence-corrected chi connectivity index (χ3v) is 5.17. The summed E-state index contributed by atoms with van der Waals surface area (Å²) in [5.41, 5.74) is -1.76. The number of hydrogen-bond donors (Lipinski definition) is 1. The fourth-order valence-electron chi connectivity index (χ4n) is 2.41. The minimum Gasteiger partial charge on any atom is -0.480 e. The van der Waals surface area contributed by atoms with Crippen LogP contribution < -0.4 is 0 Å². The molecule has 0 aliphatic carbocycles. The van der Waals surface area contributed by atoms with E-state index in [4.69, 9.17) is 13.6 Å². The highest BCUT2D eigenvalue weighted by Crippen LogP contribution is 2.52. The van der Waals surface area contributed by atoms with E-state index in [0.29, 0.717) is 6.42 Å². The van der Waals surface area contributed by atoms with Gasteiger partial charge in [-0.2, -0.15) is 0 Å². The third kappa shape index (κ3) is 4.80. The summed E-state index contributed by atoms with van der Waals surface area (Å²) in [7, 11) is -4.10. The Morgan fingerprint density at radius 3 is 1.95 bits per heavy atom. The summed E-state index contributed by atoms with van der Waals surface area (Å²) in [6.07, 6.45) is 1.28. The van der Waals surface area contributed by atoms with Crippen LogP contribution in [0, 0.1) is 11.3 Å². The lowest BCUT2D eigenvalue weighted by molar-refractivity contribution is -0.168. The van der Waals surface area contributed by atoms with Gasteiger partial charge in [0.2, 0.25) is 0 Å². The number of carbonyl (C=O) groups is 2. The molecule has 2 unspecified atom stereocenters. The Labute approximate surface area is 131 Å². The van der Waals surface area contributed by atoms with Crippen LogP contribution in [0.5, 0.6) is 0 Å². The number of aliphatic carboxylic acids is 1. The first-order valence-corrected chi connectivity index (χ1v) is 9.06. The molecule has 0 fully saturated rings. The van der Waals surface area contributed by atoms with Crippen LogP contribution in [0.3, 0.4) is 0 Å². The molecular formula is C14H27O7P. The summed E-state index contributed by atoms with van der Waals surface area (Å²) in [4.78, 5) is 24.2. The van der Waals surface area contributed by atoms with E-state index < -0.39 is 31.1 Å². The van der Waals surface area contributed by atoms with Gasteiger partial charge in [0, 0.05) is 0 Å². The Morgan fingerprint density at radius 1 is 1.14 bits per heavy atom. The van der Waals surface area contributed by atoms with Crippen molar-refractivity contribution in [1.29, 1.82) is 0 Å². The fourth-order valence-corrected chi connectivity index (χ4v) is 3.59. The molecule has 0 aromatic heterocycles. The predicted octanol–water partition coefficient (Wildman–Crippen LogP) is 3.63. The fraction of sp³-hybridized carbons (Fsp3) is 0.857. The average Bonchev–Trinajstić information content (AvgIpc) is 2.40. The van der Waals surface area contributed by atoms with E-state index >= 15 is 0 Å². The zero-order chi connectivity index (χ0) is 17.4. The first-order valence-electron chi connectivity index (χ1n) is 7.60. The zero-order valence-corrected chi connectivity index (χ0v) is 14.9. The molecule has 0 aromatic carbocycles. The lowest BCUT2D eigenvalue weighted by Crippen LogP contribution is -2.45. The molecule has 7 nitrogen and oxygen atoms in total. The van der Waals surface area contributed by atoms with Crippen molar-refractivity contribution in [3.8, 4) is 0 Å². The van der Waals surface area contributed by atoms with E-state index in [1.54, 1.807) is 27.7 Å². The van der Waals surface area contributed by atoms with Crippen molar-refractivity contribution in [2.45, 2.75) is 53.9 Å². The number of rotatable bonds is 11. The van der Waals surface area contributed by atoms with E-state index in [9.17, 15) is 19.3 Å². The quantitative estimate of drug-likeness (QED) is 0.453. The highest BCUT2D eigenvalue weighted by Gasteiger charge is 2.52. The number of carbonyl (C=O) groups excluding carboxylic acids is 1. The number of phosphoric ester groups is 1. The van der Waals surface area contributed by atoms with Gasteiger partial charge in [-0.15, -0.1) is 0 Å². The van der Waals surface area contributed by atoms with Crippen molar-refractivity contribution < 1.29 is 32.8 Å². The summed E-state index contributed by atoms with van der Waals surface area (Å²) in [6, 6.07) is 0. The summed E-state index contributed by atoms with van der Waals surface area (Å²) >= 11 is 0. The van der Waals surface area contributed by atoms with Gasteiger partial charge in [0.05, 0.1) is 13.2 Å². The Hall–Kier alpha value is -0.910. The molecule has 0 saturated carbocycles. The molecule has 2 atom stereocenters. The normalized spacial score (nSPS) is 15.9. The molecule has 0 aliphatic heterocycles. The van der Waals surface area contributed by atoms with Gasteiger partial charge in [0.1, 0.15) is 0 Å². The average molecular weight is 338 g/mol. The van der Waals surface area contributed by atoms with Crippen molar-refractivity contribution in [3.05, 3.63) is 0 Å². The minimum atomic E-state index is -4.10. The Kier molecular flexibility index (Phi) is 8.89. The molecule has 0 amide bonds. The first kappa shape index (κ1) is 21.1. The van der Waals surface area contributed by atoms with Gasteiger partial charge in [-0.3, -0.25) is 18.6 Å². The van der Waals surface area contributed by atoms with Crippen LogP contribution in [0.1, 0.15) is 53.9 Å². The largest absolute Gasteiger partial charge is 0.532 e. The van der Waals surface area contributed by atoms with Crippen LogP contribution in [0.25, 0.3) is 0 Å². The minimum absolute atomic E-state index is 0.0151. The molecule has 130 valence electrons. The molecule has 0 radical (unpaired) electrons. The van der Waals surface area contributed by atoms with Gasteiger partial charge in [0.25, 0.3) is 0 Å². The van der Waals surface area contributed by atoms with Gasteiger partial charge in [0.15, 0.2) is 5.41 Å². The van der Waals surface area contributed by atoms with Gasteiger partial charge in [-0.1, -0.05) is 27.2 Å². The molecule has 22 heavy (non-hydrogen) atoms. The van der Waals surface area contributed by atoms with E-state index in [1.807, 2.05) is 6.92 Å². The molecule has 1 N–H and O–H groups in total. The van der Waals surface area contributed by atoms with Crippen LogP contribution >= 0.6 is 7.82 Å². The Bertz CT molecular complexity index is 413.